The zero-order chi connectivity index (χ0) is 15.5. The first-order valence-corrected chi connectivity index (χ1v) is 8.24. The van der Waals surface area contributed by atoms with E-state index in [4.69, 9.17) is 15.2 Å². The molecule has 1 aromatic rings. The summed E-state index contributed by atoms with van der Waals surface area (Å²) in [5, 5.41) is 2.00. The molecule has 1 heterocycles. The first-order valence-electron chi connectivity index (χ1n) is 7.36. The van der Waals surface area contributed by atoms with Gasteiger partial charge in [-0.25, -0.2) is 4.79 Å². The fraction of sp³-hybridized carbons (Fsp3) is 0.667. The Bertz CT molecular complexity index is 384. The van der Waals surface area contributed by atoms with Gasteiger partial charge in [0.15, 0.2) is 0 Å². The number of unbranched alkanes of at least 4 members (excludes halogenated alkanes) is 1. The average Bonchev–Trinajstić information content (AvgIpc) is 2.99. The van der Waals surface area contributed by atoms with Crippen LogP contribution in [-0.2, 0) is 16.0 Å². The second kappa shape index (κ2) is 10.6. The summed E-state index contributed by atoms with van der Waals surface area (Å²) in [4.78, 5) is 14.9. The molecule has 21 heavy (non-hydrogen) atoms. The zero-order valence-electron chi connectivity index (χ0n) is 12.9. The first kappa shape index (κ1) is 17.9. The molecule has 0 spiro atoms. The van der Waals surface area contributed by atoms with Gasteiger partial charge in [-0.3, -0.25) is 0 Å². The predicted molar refractivity (Wildman–Crippen MR) is 85.5 cm³/mol. The van der Waals surface area contributed by atoms with Crippen LogP contribution < -0.4 is 5.73 Å². The van der Waals surface area contributed by atoms with E-state index >= 15 is 0 Å². The van der Waals surface area contributed by atoms with Crippen molar-refractivity contribution in [2.75, 3.05) is 26.9 Å². The minimum atomic E-state index is -0.326. The number of ether oxygens (including phenoxy) is 2. The molecule has 1 rings (SSSR count). The van der Waals surface area contributed by atoms with Crippen molar-refractivity contribution >= 4 is 17.4 Å². The molecule has 2 N–H and O–H groups in total. The van der Waals surface area contributed by atoms with Crippen LogP contribution in [0.2, 0.25) is 0 Å². The van der Waals surface area contributed by atoms with Gasteiger partial charge in [-0.15, -0.1) is 11.3 Å². The molecule has 0 fully saturated rings. The van der Waals surface area contributed by atoms with Crippen molar-refractivity contribution in [1.29, 1.82) is 0 Å². The number of rotatable bonds is 10. The largest absolute Gasteiger partial charge is 0.448 e. The summed E-state index contributed by atoms with van der Waals surface area (Å²) in [6.07, 6.45) is 2.71. The summed E-state index contributed by atoms with van der Waals surface area (Å²) >= 11 is 1.62. The van der Waals surface area contributed by atoms with Gasteiger partial charge in [0.2, 0.25) is 0 Å². The molecule has 0 aliphatic heterocycles. The van der Waals surface area contributed by atoms with Crippen LogP contribution in [-0.4, -0.2) is 43.9 Å². The SMILES string of the molecule is CCCC[C@H](N)COC(=O)N(CCOC)Cc1cccs1. The van der Waals surface area contributed by atoms with Crippen molar-refractivity contribution < 1.29 is 14.3 Å². The Morgan fingerprint density at radius 3 is 2.95 bits per heavy atom. The number of methoxy groups -OCH3 is 1. The van der Waals surface area contributed by atoms with E-state index in [1.54, 1.807) is 23.3 Å². The van der Waals surface area contributed by atoms with Crippen molar-refractivity contribution in [3.05, 3.63) is 22.4 Å². The van der Waals surface area contributed by atoms with Gasteiger partial charge >= 0.3 is 6.09 Å². The fourth-order valence-electron chi connectivity index (χ4n) is 1.85. The first-order chi connectivity index (χ1) is 10.2. The standard InChI is InChI=1S/C15H26N2O3S/c1-3-4-6-13(16)12-20-15(18)17(8-9-19-2)11-14-7-5-10-21-14/h5,7,10,13H,3-4,6,8-9,11-12,16H2,1-2H3/t13-/m0/s1. The summed E-state index contributed by atoms with van der Waals surface area (Å²) in [6, 6.07) is 3.89. The van der Waals surface area contributed by atoms with Gasteiger partial charge < -0.3 is 20.1 Å². The van der Waals surface area contributed by atoms with Crippen LogP contribution in [0.5, 0.6) is 0 Å². The molecule has 0 aliphatic rings. The highest BCUT2D eigenvalue weighted by molar-refractivity contribution is 7.09. The van der Waals surface area contributed by atoms with Gasteiger partial charge in [-0.1, -0.05) is 25.8 Å². The van der Waals surface area contributed by atoms with Gasteiger partial charge in [-0.05, 0) is 17.9 Å². The van der Waals surface area contributed by atoms with Gasteiger partial charge in [0.25, 0.3) is 0 Å². The molecule has 1 atom stereocenters. The van der Waals surface area contributed by atoms with Crippen LogP contribution in [0.15, 0.2) is 17.5 Å². The van der Waals surface area contributed by atoms with Crippen molar-refractivity contribution in [2.24, 2.45) is 5.73 Å². The van der Waals surface area contributed by atoms with E-state index in [1.165, 1.54) is 0 Å². The fourth-order valence-corrected chi connectivity index (χ4v) is 2.57. The molecule has 0 aromatic carbocycles. The molecule has 0 unspecified atom stereocenters. The Balaban J connectivity index is 2.43. The molecule has 0 saturated heterocycles. The maximum Gasteiger partial charge on any atom is 0.410 e. The maximum atomic E-state index is 12.2. The lowest BCUT2D eigenvalue weighted by Crippen LogP contribution is -2.36. The van der Waals surface area contributed by atoms with Crippen LogP contribution in [0.25, 0.3) is 0 Å². The van der Waals surface area contributed by atoms with E-state index in [-0.39, 0.29) is 18.7 Å². The number of nitrogens with two attached hydrogens (primary N) is 1. The molecule has 0 radical (unpaired) electrons. The van der Waals surface area contributed by atoms with Crippen LogP contribution in [0.4, 0.5) is 4.79 Å². The molecular formula is C15H26N2O3S. The topological polar surface area (TPSA) is 64.8 Å². The third kappa shape index (κ3) is 7.45. The highest BCUT2D eigenvalue weighted by Crippen LogP contribution is 2.12. The molecular weight excluding hydrogens is 288 g/mol. The van der Waals surface area contributed by atoms with E-state index in [0.29, 0.717) is 19.7 Å². The Morgan fingerprint density at radius 1 is 1.52 bits per heavy atom. The molecule has 1 aromatic heterocycles. The summed E-state index contributed by atoms with van der Waals surface area (Å²) in [7, 11) is 1.62. The summed E-state index contributed by atoms with van der Waals surface area (Å²) in [5.74, 6) is 0. The number of carbonyl (C=O) groups excluding carboxylic acids is 1. The van der Waals surface area contributed by atoms with Crippen LogP contribution >= 0.6 is 11.3 Å². The summed E-state index contributed by atoms with van der Waals surface area (Å²) in [6.45, 7) is 3.93. The number of nitrogens with zero attached hydrogens (tertiary/aromatic N) is 1. The quantitative estimate of drug-likeness (QED) is 0.721. The molecule has 5 nitrogen and oxygen atoms in total. The number of carbonyl (C=O) groups is 1. The molecule has 0 aliphatic carbocycles. The minimum Gasteiger partial charge on any atom is -0.448 e. The number of hydrogen-bond acceptors (Lipinski definition) is 5. The second-order valence-corrected chi connectivity index (χ2v) is 6.01. The van der Waals surface area contributed by atoms with Crippen LogP contribution in [0, 0.1) is 0 Å². The highest BCUT2D eigenvalue weighted by Gasteiger charge is 2.17. The Morgan fingerprint density at radius 2 is 2.33 bits per heavy atom. The van der Waals surface area contributed by atoms with E-state index in [1.807, 2.05) is 17.5 Å². The Labute approximate surface area is 131 Å². The van der Waals surface area contributed by atoms with Crippen molar-refractivity contribution in [2.45, 2.75) is 38.8 Å². The third-order valence-corrected chi connectivity index (χ3v) is 3.96. The molecule has 120 valence electrons. The lowest BCUT2D eigenvalue weighted by atomic mass is 10.1. The van der Waals surface area contributed by atoms with E-state index in [9.17, 15) is 4.79 Å². The number of amides is 1. The van der Waals surface area contributed by atoms with Crippen molar-refractivity contribution in [3.8, 4) is 0 Å². The van der Waals surface area contributed by atoms with E-state index in [2.05, 4.69) is 6.92 Å². The predicted octanol–water partition coefficient (Wildman–Crippen LogP) is 2.85. The van der Waals surface area contributed by atoms with E-state index < -0.39 is 0 Å². The Hall–Kier alpha value is -1.11. The summed E-state index contributed by atoms with van der Waals surface area (Å²) in [5.41, 5.74) is 5.93. The van der Waals surface area contributed by atoms with Gasteiger partial charge in [0.1, 0.15) is 6.61 Å². The third-order valence-electron chi connectivity index (χ3n) is 3.10. The van der Waals surface area contributed by atoms with Crippen molar-refractivity contribution in [1.82, 2.24) is 4.90 Å². The summed E-state index contributed by atoms with van der Waals surface area (Å²) < 4.78 is 10.4. The second-order valence-electron chi connectivity index (χ2n) is 4.97. The Kier molecular flexibility index (Phi) is 9.05. The van der Waals surface area contributed by atoms with Gasteiger partial charge in [0, 0.05) is 24.6 Å². The average molecular weight is 314 g/mol. The van der Waals surface area contributed by atoms with E-state index in [0.717, 1.165) is 24.1 Å². The monoisotopic (exact) mass is 314 g/mol. The van der Waals surface area contributed by atoms with Gasteiger partial charge in [0.05, 0.1) is 13.2 Å². The lowest BCUT2D eigenvalue weighted by Gasteiger charge is -2.22. The lowest BCUT2D eigenvalue weighted by molar-refractivity contribution is 0.0800. The van der Waals surface area contributed by atoms with Crippen LogP contribution in [0.1, 0.15) is 31.1 Å². The molecule has 0 bridgehead atoms. The minimum absolute atomic E-state index is 0.0834. The normalized spacial score (nSPS) is 12.1. The number of thiophene rings is 1. The number of hydrogen-bond donors (Lipinski definition) is 1. The smallest absolute Gasteiger partial charge is 0.410 e. The van der Waals surface area contributed by atoms with Crippen molar-refractivity contribution in [3.63, 3.8) is 0 Å². The molecule has 0 saturated carbocycles. The van der Waals surface area contributed by atoms with Gasteiger partial charge in [-0.2, -0.15) is 0 Å². The maximum absolute atomic E-state index is 12.2. The molecule has 1 amide bonds. The zero-order valence-corrected chi connectivity index (χ0v) is 13.7. The molecule has 6 heteroatoms. The van der Waals surface area contributed by atoms with Crippen LogP contribution in [0.3, 0.4) is 0 Å². The highest BCUT2D eigenvalue weighted by atomic mass is 32.1.